The van der Waals surface area contributed by atoms with Gasteiger partial charge in [-0.3, -0.25) is 4.90 Å². The molecule has 1 aliphatic carbocycles. The zero-order valence-corrected chi connectivity index (χ0v) is 13.9. The van der Waals surface area contributed by atoms with Gasteiger partial charge < -0.3 is 10.1 Å². The fourth-order valence-electron chi connectivity index (χ4n) is 3.98. The third-order valence-corrected chi connectivity index (χ3v) is 5.37. The first-order valence-electron chi connectivity index (χ1n) is 8.62. The van der Waals surface area contributed by atoms with Crippen molar-refractivity contribution < 1.29 is 4.74 Å². The molecule has 118 valence electrons. The van der Waals surface area contributed by atoms with Crippen molar-refractivity contribution >= 4 is 0 Å². The van der Waals surface area contributed by atoms with E-state index in [2.05, 4.69) is 31.0 Å². The van der Waals surface area contributed by atoms with Crippen molar-refractivity contribution in [2.75, 3.05) is 26.7 Å². The summed E-state index contributed by atoms with van der Waals surface area (Å²) < 4.78 is 5.50. The molecule has 20 heavy (non-hydrogen) atoms. The molecule has 2 rings (SSSR count). The first kappa shape index (κ1) is 16.3. The lowest BCUT2D eigenvalue weighted by Crippen LogP contribution is -2.61. The molecule has 3 heteroatoms. The standard InChI is InChI=1S/C17H34N2O/c1-13(2)17-10-18-16(15-8-6-5-7-9-15)12-19(17)11-14(3)20-4/h13-18H,5-12H2,1-4H3. The maximum Gasteiger partial charge on any atom is 0.0670 e. The van der Waals surface area contributed by atoms with Gasteiger partial charge in [-0.15, -0.1) is 0 Å². The summed E-state index contributed by atoms with van der Waals surface area (Å²) in [5.74, 6) is 1.61. The molecule has 1 N–H and O–H groups in total. The van der Waals surface area contributed by atoms with Gasteiger partial charge >= 0.3 is 0 Å². The molecule has 0 radical (unpaired) electrons. The molecule has 0 amide bonds. The zero-order chi connectivity index (χ0) is 14.5. The quantitative estimate of drug-likeness (QED) is 0.839. The van der Waals surface area contributed by atoms with Crippen LogP contribution in [0.5, 0.6) is 0 Å². The predicted octanol–water partition coefficient (Wildman–Crippen LogP) is 2.90. The van der Waals surface area contributed by atoms with Crippen LogP contribution >= 0.6 is 0 Å². The van der Waals surface area contributed by atoms with E-state index in [4.69, 9.17) is 4.74 Å². The number of piperazine rings is 1. The Morgan fingerprint density at radius 1 is 1.15 bits per heavy atom. The lowest BCUT2D eigenvalue weighted by Gasteiger charge is -2.46. The van der Waals surface area contributed by atoms with E-state index in [1.54, 1.807) is 0 Å². The number of ether oxygens (including phenoxy) is 1. The second-order valence-corrected chi connectivity index (χ2v) is 7.22. The molecule has 0 aromatic heterocycles. The lowest BCUT2D eigenvalue weighted by molar-refractivity contribution is 0.0178. The molecule has 0 bridgehead atoms. The Bertz CT molecular complexity index is 276. The van der Waals surface area contributed by atoms with E-state index < -0.39 is 0 Å². The molecule has 2 fully saturated rings. The zero-order valence-electron chi connectivity index (χ0n) is 13.9. The number of hydrogen-bond acceptors (Lipinski definition) is 3. The van der Waals surface area contributed by atoms with Gasteiger partial charge in [0.2, 0.25) is 0 Å². The van der Waals surface area contributed by atoms with Crippen molar-refractivity contribution in [1.29, 1.82) is 0 Å². The molecular formula is C17H34N2O. The van der Waals surface area contributed by atoms with Crippen LogP contribution in [0.3, 0.4) is 0 Å². The molecule has 1 heterocycles. The molecule has 3 atom stereocenters. The SMILES string of the molecule is COC(C)CN1CC(C2CCCCC2)NCC1C(C)C. The molecule has 3 unspecified atom stereocenters. The van der Waals surface area contributed by atoms with E-state index in [1.165, 1.54) is 38.6 Å². The Labute approximate surface area is 125 Å². The van der Waals surface area contributed by atoms with Crippen molar-refractivity contribution in [2.45, 2.75) is 71.1 Å². The number of methoxy groups -OCH3 is 1. The number of hydrogen-bond donors (Lipinski definition) is 1. The largest absolute Gasteiger partial charge is 0.380 e. The summed E-state index contributed by atoms with van der Waals surface area (Å²) in [6.07, 6.45) is 7.51. The van der Waals surface area contributed by atoms with E-state index in [0.29, 0.717) is 24.1 Å². The van der Waals surface area contributed by atoms with Crippen LogP contribution in [0.25, 0.3) is 0 Å². The maximum absolute atomic E-state index is 5.50. The Balaban J connectivity index is 1.95. The minimum absolute atomic E-state index is 0.335. The van der Waals surface area contributed by atoms with Gasteiger partial charge in [0, 0.05) is 38.8 Å². The summed E-state index contributed by atoms with van der Waals surface area (Å²) in [6.45, 7) is 10.3. The monoisotopic (exact) mass is 282 g/mol. The topological polar surface area (TPSA) is 24.5 Å². The van der Waals surface area contributed by atoms with Crippen LogP contribution in [0.2, 0.25) is 0 Å². The summed E-state index contributed by atoms with van der Waals surface area (Å²) in [5, 5.41) is 3.86. The van der Waals surface area contributed by atoms with Crippen LogP contribution in [0.15, 0.2) is 0 Å². The van der Waals surface area contributed by atoms with Crippen LogP contribution in [0.4, 0.5) is 0 Å². The van der Waals surface area contributed by atoms with Crippen molar-refractivity contribution in [3.8, 4) is 0 Å². The maximum atomic E-state index is 5.50. The fraction of sp³-hybridized carbons (Fsp3) is 1.00. The van der Waals surface area contributed by atoms with Gasteiger partial charge in [0.1, 0.15) is 0 Å². The van der Waals surface area contributed by atoms with Gasteiger partial charge in [0.15, 0.2) is 0 Å². The molecule has 2 aliphatic rings. The van der Waals surface area contributed by atoms with Crippen molar-refractivity contribution in [3.63, 3.8) is 0 Å². The highest BCUT2D eigenvalue weighted by Crippen LogP contribution is 2.29. The molecule has 1 saturated carbocycles. The number of rotatable bonds is 5. The summed E-state index contributed by atoms with van der Waals surface area (Å²) in [5.41, 5.74) is 0. The van der Waals surface area contributed by atoms with E-state index in [0.717, 1.165) is 19.0 Å². The average Bonchev–Trinajstić information content (AvgIpc) is 2.47. The molecular weight excluding hydrogens is 248 g/mol. The number of nitrogens with zero attached hydrogens (tertiary/aromatic N) is 1. The first-order valence-corrected chi connectivity index (χ1v) is 8.62. The molecule has 0 aromatic rings. The van der Waals surface area contributed by atoms with Crippen LogP contribution in [-0.2, 0) is 4.74 Å². The van der Waals surface area contributed by atoms with Gasteiger partial charge in [0.25, 0.3) is 0 Å². The van der Waals surface area contributed by atoms with Gasteiger partial charge in [-0.25, -0.2) is 0 Å². The Morgan fingerprint density at radius 3 is 2.45 bits per heavy atom. The molecule has 1 aliphatic heterocycles. The summed E-state index contributed by atoms with van der Waals surface area (Å²) in [6, 6.07) is 1.36. The number of nitrogens with one attached hydrogen (secondary N) is 1. The van der Waals surface area contributed by atoms with E-state index in [1.807, 2.05) is 7.11 Å². The van der Waals surface area contributed by atoms with Crippen molar-refractivity contribution in [2.24, 2.45) is 11.8 Å². The minimum atomic E-state index is 0.335. The van der Waals surface area contributed by atoms with Crippen LogP contribution in [0.1, 0.15) is 52.9 Å². The molecule has 0 spiro atoms. The van der Waals surface area contributed by atoms with Gasteiger partial charge in [-0.1, -0.05) is 33.1 Å². The predicted molar refractivity (Wildman–Crippen MR) is 85.0 cm³/mol. The fourth-order valence-corrected chi connectivity index (χ4v) is 3.98. The van der Waals surface area contributed by atoms with Crippen molar-refractivity contribution in [3.05, 3.63) is 0 Å². The van der Waals surface area contributed by atoms with E-state index >= 15 is 0 Å². The Kier molecular flexibility index (Phi) is 6.31. The van der Waals surface area contributed by atoms with Gasteiger partial charge in [0.05, 0.1) is 6.10 Å². The van der Waals surface area contributed by atoms with Gasteiger partial charge in [-0.05, 0) is 31.6 Å². The molecule has 1 saturated heterocycles. The molecule has 0 aromatic carbocycles. The van der Waals surface area contributed by atoms with Crippen LogP contribution in [0, 0.1) is 11.8 Å². The second kappa shape index (κ2) is 7.77. The lowest BCUT2D eigenvalue weighted by atomic mass is 9.82. The smallest absolute Gasteiger partial charge is 0.0670 e. The third kappa shape index (κ3) is 4.19. The molecule has 3 nitrogen and oxygen atoms in total. The normalized spacial score (nSPS) is 31.6. The highest BCUT2D eigenvalue weighted by molar-refractivity contribution is 4.92. The highest BCUT2D eigenvalue weighted by Gasteiger charge is 2.34. The average molecular weight is 282 g/mol. The highest BCUT2D eigenvalue weighted by atomic mass is 16.5. The summed E-state index contributed by atoms with van der Waals surface area (Å²) in [4.78, 5) is 2.69. The van der Waals surface area contributed by atoms with Gasteiger partial charge in [-0.2, -0.15) is 0 Å². The Hall–Kier alpha value is -0.120. The second-order valence-electron chi connectivity index (χ2n) is 7.22. The minimum Gasteiger partial charge on any atom is -0.380 e. The summed E-state index contributed by atoms with van der Waals surface area (Å²) in [7, 11) is 1.83. The van der Waals surface area contributed by atoms with Crippen LogP contribution < -0.4 is 5.32 Å². The van der Waals surface area contributed by atoms with Crippen LogP contribution in [-0.4, -0.2) is 49.8 Å². The summed E-state index contributed by atoms with van der Waals surface area (Å²) >= 11 is 0. The first-order chi connectivity index (χ1) is 9.61. The third-order valence-electron chi connectivity index (χ3n) is 5.37. The van der Waals surface area contributed by atoms with Crippen molar-refractivity contribution in [1.82, 2.24) is 10.2 Å². The van der Waals surface area contributed by atoms with E-state index in [9.17, 15) is 0 Å². The van der Waals surface area contributed by atoms with E-state index in [-0.39, 0.29) is 0 Å². The Morgan fingerprint density at radius 2 is 1.85 bits per heavy atom.